The lowest BCUT2D eigenvalue weighted by molar-refractivity contribution is 1.23. The number of hydrogen-bond acceptors (Lipinski definition) is 0. The minimum atomic E-state index is -1.13. The summed E-state index contributed by atoms with van der Waals surface area (Å²) in [6, 6.07) is 0.0875. The highest BCUT2D eigenvalue weighted by Gasteiger charge is 1.85. The van der Waals surface area contributed by atoms with Crippen molar-refractivity contribution in [2.24, 2.45) is 0 Å². The molecule has 0 atom stereocenters. The van der Waals surface area contributed by atoms with Gasteiger partial charge < -0.3 is 4.98 Å². The van der Waals surface area contributed by atoms with Crippen LogP contribution in [0.1, 0.15) is 16.7 Å². The topological polar surface area (TPSA) is 15.8 Å². The molecule has 7 heavy (non-hydrogen) atoms. The van der Waals surface area contributed by atoms with E-state index in [2.05, 4.69) is 4.98 Å². The van der Waals surface area contributed by atoms with Gasteiger partial charge in [0.05, 0.1) is 2.74 Å². The van der Waals surface area contributed by atoms with E-state index in [1.807, 2.05) is 0 Å². The maximum absolute atomic E-state index is 7.27. The normalized spacial score (nSPS) is 18.0. The van der Waals surface area contributed by atoms with Crippen LogP contribution in [0.4, 0.5) is 0 Å². The average molecular weight is 99.2 g/mol. The smallest absolute Gasteiger partial charge is 0.0815 e. The van der Waals surface area contributed by atoms with E-state index in [9.17, 15) is 0 Å². The highest BCUT2D eigenvalue weighted by atomic mass is 14.7. The first-order chi connectivity index (χ1) is 5.04. The molecule has 38 valence electrons. The minimum absolute atomic E-state index is 0.0120. The molecule has 0 radical (unpaired) electrons. The molecule has 0 aliphatic heterocycles. The van der Waals surface area contributed by atoms with Crippen LogP contribution in [0.25, 0.3) is 0 Å². The fourth-order valence-electron chi connectivity index (χ4n) is 0.353. The minimum Gasteiger partial charge on any atom is -0.365 e. The molecule has 1 heterocycles. The van der Waals surface area contributed by atoms with Crippen molar-refractivity contribution in [1.29, 1.82) is 0 Å². The van der Waals surface area contributed by atoms with Gasteiger partial charge in [-0.2, -0.15) is 0 Å². The zero-order chi connectivity index (χ0) is 8.59. The molecule has 0 aromatic carbocycles. The summed E-state index contributed by atoms with van der Waals surface area (Å²) >= 11 is 0. The van der Waals surface area contributed by atoms with Crippen molar-refractivity contribution in [3.63, 3.8) is 0 Å². The van der Waals surface area contributed by atoms with Gasteiger partial charge in [-0.15, -0.1) is 0 Å². The highest BCUT2D eigenvalue weighted by molar-refractivity contribution is 5.15. The zero-order valence-corrected chi connectivity index (χ0v) is 4.08. The maximum Gasteiger partial charge on any atom is 0.0815 e. The Bertz CT molecular complexity index is 266. The summed E-state index contributed by atoms with van der Waals surface area (Å²) in [5, 5.41) is 0. The molecule has 0 bridgehead atoms. The van der Waals surface area contributed by atoms with E-state index in [-0.39, 0.29) is 12.2 Å². The molecule has 1 N–H and O–H groups in total. The van der Waals surface area contributed by atoms with Crippen molar-refractivity contribution in [3.05, 3.63) is 23.5 Å². The molecule has 0 unspecified atom stereocenters. The second kappa shape index (κ2) is 1.41. The Balaban J connectivity index is 3.19. The van der Waals surface area contributed by atoms with Crippen LogP contribution in [0.15, 0.2) is 12.2 Å². The van der Waals surface area contributed by atoms with Gasteiger partial charge >= 0.3 is 0 Å². The average Bonchev–Trinajstić information content (AvgIpc) is 2.17. The first-order valence-corrected chi connectivity index (χ1v) is 2.04. The summed E-state index contributed by atoms with van der Waals surface area (Å²) < 4.78 is 28.5. The second-order valence-electron chi connectivity index (χ2n) is 1.41. The van der Waals surface area contributed by atoms with E-state index in [4.69, 9.17) is 5.48 Å². The van der Waals surface area contributed by atoms with Gasteiger partial charge in [-0.3, -0.25) is 0 Å². The van der Waals surface area contributed by atoms with Gasteiger partial charge in [0.25, 0.3) is 0 Å². The second-order valence-corrected chi connectivity index (χ2v) is 1.41. The molecule has 0 aliphatic carbocycles. The zero-order valence-electron chi connectivity index (χ0n) is 8.08. The van der Waals surface area contributed by atoms with E-state index in [0.29, 0.717) is 11.3 Å². The van der Waals surface area contributed by atoms with E-state index >= 15 is 0 Å². The van der Waals surface area contributed by atoms with Gasteiger partial charge in [0.1, 0.15) is 0 Å². The van der Waals surface area contributed by atoms with Crippen LogP contribution in [-0.4, -0.2) is 4.98 Å². The molecule has 0 spiro atoms. The largest absolute Gasteiger partial charge is 0.365 e. The van der Waals surface area contributed by atoms with Gasteiger partial charge in [0.2, 0.25) is 0 Å². The lowest BCUT2D eigenvalue weighted by atomic mass is 10.3. The lowest BCUT2D eigenvalue weighted by Crippen LogP contribution is -1.69. The Labute approximate surface area is 49.0 Å². The highest BCUT2D eigenvalue weighted by Crippen LogP contribution is 1.99. The number of aryl methyl sites for hydroxylation is 1. The third kappa shape index (κ3) is 0.660. The summed E-state index contributed by atoms with van der Waals surface area (Å²) in [6.45, 7) is 0.514. The Kier molecular flexibility index (Phi) is 0.334. The summed E-state index contributed by atoms with van der Waals surface area (Å²) in [5.41, 5.74) is 0.880. The summed E-state index contributed by atoms with van der Waals surface area (Å²) in [4.78, 5) is 2.52. The van der Waals surface area contributed by atoms with Crippen LogP contribution in [0.5, 0.6) is 0 Å². The van der Waals surface area contributed by atoms with Gasteiger partial charge in [0, 0.05) is 14.6 Å². The molecule has 1 aromatic rings. The lowest BCUT2D eigenvalue weighted by Gasteiger charge is -1.81. The fourth-order valence-corrected chi connectivity index (χ4v) is 0.353. The number of rotatable bonds is 0. The van der Waals surface area contributed by atoms with Crippen molar-refractivity contribution < 1.29 is 5.48 Å². The number of hydrogen-bond donors (Lipinski definition) is 1. The molecule has 1 rings (SSSR count). The van der Waals surface area contributed by atoms with Gasteiger partial charge in [0.15, 0.2) is 0 Å². The molecular formula is C6H9N. The summed E-state index contributed by atoms with van der Waals surface area (Å²) in [7, 11) is 0. The van der Waals surface area contributed by atoms with E-state index in [1.165, 1.54) is 0 Å². The third-order valence-corrected chi connectivity index (χ3v) is 0.851. The molecular weight excluding hydrogens is 86.1 g/mol. The van der Waals surface area contributed by atoms with Gasteiger partial charge in [-0.25, -0.2) is 0 Å². The number of aromatic nitrogens is 1. The van der Waals surface area contributed by atoms with Crippen molar-refractivity contribution in [1.82, 2.24) is 4.98 Å². The van der Waals surface area contributed by atoms with Gasteiger partial charge in [-0.05, 0) is 25.4 Å². The molecule has 1 aromatic heterocycles. The van der Waals surface area contributed by atoms with E-state index in [1.54, 1.807) is 6.92 Å². The molecule has 0 aliphatic rings. The molecule has 0 saturated carbocycles. The number of nitrogens with one attached hydrogen (secondary N) is 1. The fraction of sp³-hybridized carbons (Fsp3) is 0.333. The first-order valence-electron chi connectivity index (χ1n) is 4.19. The standard InChI is InChI=1S/C6H9N/c1-5-3-4-7-6(5)2/h3-4,7H,1-2H3/i2D2,3D,4D. The Morgan fingerprint density at radius 1 is 2.00 bits per heavy atom. The third-order valence-electron chi connectivity index (χ3n) is 0.851. The number of aromatic amines is 1. The van der Waals surface area contributed by atoms with E-state index in [0.717, 1.165) is 0 Å². The molecule has 0 amide bonds. The Hall–Kier alpha value is -0.720. The molecule has 1 heteroatoms. The summed E-state index contributed by atoms with van der Waals surface area (Å²) in [5.74, 6) is 0. The maximum atomic E-state index is 7.27. The predicted molar refractivity (Wildman–Crippen MR) is 30.3 cm³/mol. The predicted octanol–water partition coefficient (Wildman–Crippen LogP) is 1.63. The summed E-state index contributed by atoms with van der Waals surface area (Å²) in [6.07, 6.45) is -0.0120. The number of H-pyrrole nitrogens is 1. The van der Waals surface area contributed by atoms with Crippen molar-refractivity contribution >= 4 is 0 Å². The van der Waals surface area contributed by atoms with Crippen molar-refractivity contribution in [2.75, 3.05) is 0 Å². The van der Waals surface area contributed by atoms with Crippen LogP contribution >= 0.6 is 0 Å². The van der Waals surface area contributed by atoms with Gasteiger partial charge in [-0.1, -0.05) is 0 Å². The van der Waals surface area contributed by atoms with Crippen LogP contribution < -0.4 is 0 Å². The Morgan fingerprint density at radius 3 is 3.14 bits per heavy atom. The Morgan fingerprint density at radius 2 is 2.86 bits per heavy atom. The van der Waals surface area contributed by atoms with Crippen LogP contribution in [0.3, 0.4) is 0 Å². The molecule has 1 nitrogen and oxygen atoms in total. The SMILES string of the molecule is [2H]c1[nH]c(C([2H])[2H])c(C)c1[2H]. The first kappa shape index (κ1) is 1.66. The van der Waals surface area contributed by atoms with Crippen LogP contribution in [0, 0.1) is 13.8 Å². The molecule has 0 fully saturated rings. The van der Waals surface area contributed by atoms with Crippen LogP contribution in [0.2, 0.25) is 0 Å². The quantitative estimate of drug-likeness (QED) is 0.509. The van der Waals surface area contributed by atoms with E-state index < -0.39 is 6.88 Å². The van der Waals surface area contributed by atoms with Crippen molar-refractivity contribution in [3.8, 4) is 0 Å². The van der Waals surface area contributed by atoms with Crippen molar-refractivity contribution in [2.45, 2.75) is 13.8 Å². The molecule has 0 saturated heterocycles. The van der Waals surface area contributed by atoms with Crippen LogP contribution in [-0.2, 0) is 0 Å². The monoisotopic (exact) mass is 99.1 g/mol.